The second-order valence-electron chi connectivity index (χ2n) is 12.9. The molecular formula is C42H51BrO2. The van der Waals surface area contributed by atoms with Gasteiger partial charge < -0.3 is 9.47 Å². The maximum Gasteiger partial charge on any atom is 0.131 e. The molecule has 2 heterocycles. The fraction of sp³-hybridized carbons (Fsp3) is 0.429. The number of para-hydroxylation sites is 3. The molecule has 0 atom stereocenters. The lowest BCUT2D eigenvalue weighted by Crippen LogP contribution is -2.31. The zero-order chi connectivity index (χ0) is 31.7. The third-order valence-corrected chi connectivity index (χ3v) is 10.4. The molecule has 0 saturated carbocycles. The van der Waals surface area contributed by atoms with Gasteiger partial charge in [-0.1, -0.05) is 150 Å². The third-order valence-electron chi connectivity index (χ3n) is 9.93. The maximum absolute atomic E-state index is 6.23. The van der Waals surface area contributed by atoms with E-state index >= 15 is 0 Å². The SMILES string of the molecule is CCCCC1(CCCC)c2ccccc2Oc2ccc(Br)cc21.CCCCC1(CCCC)c2ccccc2Oc2ccccc21. The van der Waals surface area contributed by atoms with Gasteiger partial charge in [0.25, 0.3) is 0 Å². The van der Waals surface area contributed by atoms with Crippen molar-refractivity contribution in [3.63, 3.8) is 0 Å². The van der Waals surface area contributed by atoms with E-state index in [1.165, 1.54) is 99.3 Å². The highest BCUT2D eigenvalue weighted by Gasteiger charge is 2.42. The van der Waals surface area contributed by atoms with Crippen molar-refractivity contribution in [2.75, 3.05) is 0 Å². The normalized spacial score (nSPS) is 14.8. The van der Waals surface area contributed by atoms with E-state index in [2.05, 4.69) is 135 Å². The number of rotatable bonds is 12. The largest absolute Gasteiger partial charge is 0.457 e. The Morgan fingerprint density at radius 1 is 0.444 bits per heavy atom. The zero-order valence-electron chi connectivity index (χ0n) is 27.8. The lowest BCUT2D eigenvalue weighted by Gasteiger charge is -2.41. The predicted octanol–water partition coefficient (Wildman–Crippen LogP) is 13.7. The number of fused-ring (bicyclic) bond motifs is 4. The lowest BCUT2D eigenvalue weighted by molar-refractivity contribution is 0.343. The van der Waals surface area contributed by atoms with E-state index in [0.717, 1.165) is 27.5 Å². The average molecular weight is 668 g/mol. The molecule has 0 aliphatic carbocycles. The van der Waals surface area contributed by atoms with E-state index < -0.39 is 0 Å². The molecule has 2 aliphatic heterocycles. The van der Waals surface area contributed by atoms with Gasteiger partial charge in [0.1, 0.15) is 23.0 Å². The van der Waals surface area contributed by atoms with E-state index in [1.807, 2.05) is 0 Å². The van der Waals surface area contributed by atoms with Crippen LogP contribution in [-0.4, -0.2) is 0 Å². The van der Waals surface area contributed by atoms with Crippen molar-refractivity contribution >= 4 is 15.9 Å². The van der Waals surface area contributed by atoms with Gasteiger partial charge in [0.05, 0.1) is 0 Å². The minimum Gasteiger partial charge on any atom is -0.457 e. The van der Waals surface area contributed by atoms with Crippen LogP contribution in [0.2, 0.25) is 0 Å². The van der Waals surface area contributed by atoms with Crippen molar-refractivity contribution < 1.29 is 9.47 Å². The van der Waals surface area contributed by atoms with Crippen LogP contribution >= 0.6 is 15.9 Å². The Labute approximate surface area is 280 Å². The van der Waals surface area contributed by atoms with Gasteiger partial charge in [0, 0.05) is 37.6 Å². The van der Waals surface area contributed by atoms with Gasteiger partial charge in [0.15, 0.2) is 0 Å². The molecule has 0 aromatic heterocycles. The monoisotopic (exact) mass is 666 g/mol. The summed E-state index contributed by atoms with van der Waals surface area (Å²) in [4.78, 5) is 0. The van der Waals surface area contributed by atoms with Gasteiger partial charge in [-0.25, -0.2) is 0 Å². The summed E-state index contributed by atoms with van der Waals surface area (Å²) < 4.78 is 13.6. The molecule has 0 N–H and O–H groups in total. The molecule has 2 nitrogen and oxygen atoms in total. The fourth-order valence-electron chi connectivity index (χ4n) is 7.59. The summed E-state index contributed by atoms with van der Waals surface area (Å²) in [5, 5.41) is 0. The number of halogens is 1. The summed E-state index contributed by atoms with van der Waals surface area (Å²) >= 11 is 3.66. The van der Waals surface area contributed by atoms with Gasteiger partial charge in [-0.3, -0.25) is 0 Å². The van der Waals surface area contributed by atoms with Gasteiger partial charge in [-0.05, 0) is 62.1 Å². The molecule has 0 bridgehead atoms. The first-order valence-corrected chi connectivity index (χ1v) is 18.3. The zero-order valence-corrected chi connectivity index (χ0v) is 29.4. The first kappa shape index (κ1) is 33.3. The summed E-state index contributed by atoms with van der Waals surface area (Å²) in [6, 6.07) is 32.3. The third kappa shape index (κ3) is 6.89. The van der Waals surface area contributed by atoms with Crippen molar-refractivity contribution in [2.45, 2.75) is 116 Å². The smallest absolute Gasteiger partial charge is 0.131 e. The Kier molecular flexibility index (Phi) is 11.5. The fourth-order valence-corrected chi connectivity index (χ4v) is 7.95. The first-order valence-electron chi connectivity index (χ1n) is 17.5. The molecule has 45 heavy (non-hydrogen) atoms. The van der Waals surface area contributed by atoms with Crippen molar-refractivity contribution in [3.8, 4) is 23.0 Å². The Bertz CT molecular complexity index is 1480. The highest BCUT2D eigenvalue weighted by Crippen LogP contribution is 2.54. The van der Waals surface area contributed by atoms with Gasteiger partial charge >= 0.3 is 0 Å². The lowest BCUT2D eigenvalue weighted by atomic mass is 9.66. The van der Waals surface area contributed by atoms with Gasteiger partial charge in [-0.2, -0.15) is 0 Å². The van der Waals surface area contributed by atoms with Crippen molar-refractivity contribution in [1.29, 1.82) is 0 Å². The summed E-state index contributed by atoms with van der Waals surface area (Å²) in [6.45, 7) is 9.12. The predicted molar refractivity (Wildman–Crippen MR) is 193 cm³/mol. The van der Waals surface area contributed by atoms with Crippen LogP contribution < -0.4 is 9.47 Å². The Morgan fingerprint density at radius 3 is 1.16 bits per heavy atom. The molecule has 0 unspecified atom stereocenters. The van der Waals surface area contributed by atoms with Crippen LogP contribution in [0.3, 0.4) is 0 Å². The highest BCUT2D eigenvalue weighted by atomic mass is 79.9. The summed E-state index contributed by atoms with van der Waals surface area (Å²) in [5.74, 6) is 4.16. The number of unbranched alkanes of at least 4 members (excludes halogenated alkanes) is 4. The van der Waals surface area contributed by atoms with Crippen molar-refractivity contribution in [2.24, 2.45) is 0 Å². The number of hydrogen-bond donors (Lipinski definition) is 0. The van der Waals surface area contributed by atoms with E-state index in [-0.39, 0.29) is 10.8 Å². The van der Waals surface area contributed by atoms with Crippen LogP contribution in [0, 0.1) is 0 Å². The van der Waals surface area contributed by atoms with Crippen molar-refractivity contribution in [1.82, 2.24) is 0 Å². The van der Waals surface area contributed by atoms with Crippen LogP contribution in [0.5, 0.6) is 23.0 Å². The molecule has 0 fully saturated rings. The standard InChI is InChI=1S/C21H25BrO.C21H26O/c1-3-5-13-21(14-6-4-2)17-9-7-8-10-19(17)23-20-12-11-16(22)15-18(20)21;1-3-5-15-21(16-6-4-2)17-11-7-9-13-19(17)22-20-14-10-8-12-18(20)21/h7-12,15H,3-6,13-14H2,1-2H3;7-14H,3-6,15-16H2,1-2H3. The second-order valence-corrected chi connectivity index (χ2v) is 13.8. The molecule has 0 spiro atoms. The molecule has 0 saturated heterocycles. The molecular weight excluding hydrogens is 616 g/mol. The van der Waals surface area contributed by atoms with E-state index in [9.17, 15) is 0 Å². The number of hydrogen-bond acceptors (Lipinski definition) is 2. The van der Waals surface area contributed by atoms with Gasteiger partial charge in [-0.15, -0.1) is 0 Å². The number of benzene rings is 4. The van der Waals surface area contributed by atoms with Crippen LogP contribution in [0.1, 0.15) is 127 Å². The molecule has 3 heteroatoms. The molecule has 238 valence electrons. The Balaban J connectivity index is 0.000000178. The minimum atomic E-state index is 0.0833. The van der Waals surface area contributed by atoms with Crippen LogP contribution in [0.4, 0.5) is 0 Å². The Hall–Kier alpha value is -3.04. The summed E-state index contributed by atoms with van der Waals surface area (Å²) in [7, 11) is 0. The second kappa shape index (κ2) is 15.5. The van der Waals surface area contributed by atoms with Crippen molar-refractivity contribution in [3.05, 3.63) is 118 Å². The molecule has 0 amide bonds. The molecule has 4 aromatic rings. The number of ether oxygens (including phenoxy) is 2. The van der Waals surface area contributed by atoms with Gasteiger partial charge in [0.2, 0.25) is 0 Å². The highest BCUT2D eigenvalue weighted by molar-refractivity contribution is 9.10. The summed E-state index contributed by atoms with van der Waals surface area (Å²) in [5.41, 5.74) is 5.70. The summed E-state index contributed by atoms with van der Waals surface area (Å²) in [6.07, 6.45) is 14.7. The van der Waals surface area contributed by atoms with E-state index in [4.69, 9.17) is 9.47 Å². The quantitative estimate of drug-likeness (QED) is 0.150. The van der Waals surface area contributed by atoms with Crippen LogP contribution in [0.25, 0.3) is 0 Å². The first-order chi connectivity index (χ1) is 22.0. The Morgan fingerprint density at radius 2 is 0.778 bits per heavy atom. The molecule has 4 aromatic carbocycles. The van der Waals surface area contributed by atoms with Crippen LogP contribution in [-0.2, 0) is 10.8 Å². The molecule has 6 rings (SSSR count). The van der Waals surface area contributed by atoms with Crippen LogP contribution in [0.15, 0.2) is 95.5 Å². The topological polar surface area (TPSA) is 18.5 Å². The average Bonchev–Trinajstić information content (AvgIpc) is 3.08. The maximum atomic E-state index is 6.23. The molecule has 0 radical (unpaired) electrons. The minimum absolute atomic E-state index is 0.0833. The molecule has 2 aliphatic rings. The van der Waals surface area contributed by atoms with E-state index in [1.54, 1.807) is 0 Å². The van der Waals surface area contributed by atoms with E-state index in [0.29, 0.717) is 0 Å².